The highest BCUT2D eigenvalue weighted by Crippen LogP contribution is 2.29. The number of aryl methyl sites for hydroxylation is 6. The Morgan fingerprint density at radius 3 is 1.22 bits per heavy atom. The molecular formula is C87H120N46O4S. The van der Waals surface area contributed by atoms with Crippen LogP contribution < -0.4 is 56.6 Å². The van der Waals surface area contributed by atoms with Crippen LogP contribution in [0.3, 0.4) is 0 Å². The molecule has 0 fully saturated rings. The molecule has 728 valence electrons. The molecule has 20 rings (SSSR count). The molecule has 0 amide bonds. The average Bonchev–Trinajstić information content (AvgIpc) is 1.61. The Labute approximate surface area is 794 Å². The summed E-state index contributed by atoms with van der Waals surface area (Å²) in [7, 11) is 0. The summed E-state index contributed by atoms with van der Waals surface area (Å²) in [5.74, 6) is 5.74. The maximum Gasteiger partial charge on any atom is 0.295 e. The van der Waals surface area contributed by atoms with E-state index in [1.165, 1.54) is 42.6 Å². The summed E-state index contributed by atoms with van der Waals surface area (Å²) >= 11 is 5.04. The number of aromatic nitrogens is 40. The Hall–Kier alpha value is -16.3. The molecule has 0 aliphatic rings. The van der Waals surface area contributed by atoms with E-state index < -0.39 is 0 Å². The molecule has 51 heteroatoms. The summed E-state index contributed by atoms with van der Waals surface area (Å²) in [6, 6.07) is 6.53. The summed E-state index contributed by atoms with van der Waals surface area (Å²) in [6.45, 7) is 55.1. The van der Waals surface area contributed by atoms with Crippen LogP contribution in [0.2, 0.25) is 0 Å². The van der Waals surface area contributed by atoms with Crippen molar-refractivity contribution in [2.24, 2.45) is 0 Å². The van der Waals surface area contributed by atoms with Crippen molar-refractivity contribution in [1.29, 1.82) is 0 Å². The lowest BCUT2D eigenvalue weighted by Crippen LogP contribution is -2.12. The van der Waals surface area contributed by atoms with E-state index in [0.717, 1.165) is 84.4 Å². The molecule has 0 radical (unpaired) electrons. The van der Waals surface area contributed by atoms with E-state index in [0.29, 0.717) is 101 Å². The fourth-order valence-corrected chi connectivity index (χ4v) is 15.1. The molecule has 20 aromatic heterocycles. The van der Waals surface area contributed by atoms with Crippen LogP contribution in [-0.4, -0.2) is 197 Å². The molecule has 138 heavy (non-hydrogen) atoms. The molecule has 0 saturated carbocycles. The first kappa shape index (κ1) is 102. The van der Waals surface area contributed by atoms with Crippen molar-refractivity contribution in [3.8, 4) is 0 Å². The zero-order valence-corrected chi connectivity index (χ0v) is 83.2. The van der Waals surface area contributed by atoms with Gasteiger partial charge in [-0.25, -0.2) is 88.7 Å². The van der Waals surface area contributed by atoms with Crippen molar-refractivity contribution in [3.05, 3.63) is 161 Å². The summed E-state index contributed by atoms with van der Waals surface area (Å²) < 4.78 is 19.6. The zero-order valence-electron chi connectivity index (χ0n) is 82.4. The van der Waals surface area contributed by atoms with Crippen LogP contribution in [0.4, 0.5) is 35.2 Å². The standard InChI is InChI=1S/C13H19N3.C9H12N4O.C9H12N4.C8H12N6.2C8H11N5O.C8H11N5S.2C8H11N5.C8H10N4O/c1-7(2)16-11(6)15-12-9(4)8(3)10(5)14-13(12)16;1-5(2)13-4-3-6-7(13)11-9(10)12-8(6)14;1-6(2)13-4-3-7-8(10)11-5-12-9(7)13;1-4(2)14-5(3)10-6-7(9)11-13-12-8(6)14;1-4(2)13-5(3)9-6-7(13)10-12-11-8(6)14;1-4(2)13-6-5(3-10-13)7(14)12-8(9)11-6;1-4(2)13-5(3)9-6-7(13)10-12-11-8(6)14;2*1-5(2)13-8-6(3-12-13)7(9)10-4-11-8;1-5(2)12-7-6(3-11-12)8(13)10-4-9-7/h7H,1-6H3;3-5H,1-2H3,(H3,10,11,12,14);3-6H,1-2H3,(H2,10,11,12);4H,1-3H3,(H2,9,11,12);4H,1-3H3,(H,10,11,14);3-4H,1-2H3,(H3,9,11,12,14);4H,1-3H3,(H,10,11,14);2*3-5H,1-2H3,(H2,9,10,11);3-5H,1-2H3,(H,9,10,13). The maximum absolute atomic E-state index is 11.4. The number of nitrogens with one attached hydrogen (secondary N) is 5. The van der Waals surface area contributed by atoms with E-state index in [2.05, 4.69) is 241 Å². The molecule has 17 N–H and O–H groups in total. The second-order valence-corrected chi connectivity index (χ2v) is 35.2. The lowest BCUT2D eigenvalue weighted by Gasteiger charge is -2.11. The molecule has 20 aromatic rings. The molecule has 0 aliphatic heterocycles. The molecule has 0 bridgehead atoms. The summed E-state index contributed by atoms with van der Waals surface area (Å²) in [5, 5.41) is 51.9. The summed E-state index contributed by atoms with van der Waals surface area (Å²) in [4.78, 5) is 111. The fourth-order valence-electron chi connectivity index (χ4n) is 14.9. The van der Waals surface area contributed by atoms with Gasteiger partial charge in [0.2, 0.25) is 11.9 Å². The van der Waals surface area contributed by atoms with Crippen LogP contribution in [0.5, 0.6) is 0 Å². The van der Waals surface area contributed by atoms with Gasteiger partial charge in [-0.2, -0.15) is 30.4 Å². The van der Waals surface area contributed by atoms with Gasteiger partial charge in [-0.05, 0) is 215 Å². The van der Waals surface area contributed by atoms with Gasteiger partial charge in [-0.1, -0.05) is 22.6 Å². The van der Waals surface area contributed by atoms with Crippen molar-refractivity contribution in [3.63, 3.8) is 0 Å². The molecule has 0 aliphatic carbocycles. The van der Waals surface area contributed by atoms with Gasteiger partial charge < -0.3 is 66.8 Å². The number of pyridine rings is 1. The molecule has 0 atom stereocenters. The van der Waals surface area contributed by atoms with Gasteiger partial charge in [0.05, 0.1) is 52.7 Å². The second kappa shape index (κ2) is 43.4. The number of anilines is 6. The minimum absolute atomic E-state index is 0.116. The molecule has 0 aromatic carbocycles. The SMILES string of the molecule is CC(C)n1ccc2c(=O)[nH]c(N)nc21.CC(C)n1ccc2c(N)ncnc21.CC(C)n1ncc2c(=O)[nH]c(N)nc21.CC(C)n1ncc2c(=O)[nH]cnc21.CC(C)n1ncc2c(N)ncnc21.CC(C)n1ncc2c(N)ncnc21.Cc1nc2c(=O)[nH]nnc2n1C(C)C.Cc1nc2c(=S)nn[nH]c2n1C(C)C.Cc1nc2c(N)nnnc2n1C(C)C.Cc1nc2c(nc(C)n2C(C)C)c(C)c1C. The average molecular weight is 1910 g/mol. The van der Waals surface area contributed by atoms with Crippen molar-refractivity contribution < 1.29 is 0 Å². The first-order chi connectivity index (χ1) is 65.2. The van der Waals surface area contributed by atoms with Gasteiger partial charge in [0.1, 0.15) is 92.8 Å². The van der Waals surface area contributed by atoms with E-state index in [1.54, 1.807) is 34.0 Å². The fraction of sp³-hybridized carbons (Fsp3) is 0.425. The number of nitrogen functional groups attached to an aromatic ring is 6. The number of hydrogen-bond acceptors (Lipinski definition) is 36. The number of H-pyrrole nitrogens is 5. The molecular weight excluding hydrogens is 1790 g/mol. The summed E-state index contributed by atoms with van der Waals surface area (Å²) in [6.07, 6.45) is 16.1. The quantitative estimate of drug-likeness (QED) is 0.0567. The third-order valence-corrected chi connectivity index (χ3v) is 21.8. The first-order valence-electron chi connectivity index (χ1n) is 44.4. The molecule has 0 unspecified atom stereocenters. The van der Waals surface area contributed by atoms with E-state index in [9.17, 15) is 19.2 Å². The lowest BCUT2D eigenvalue weighted by molar-refractivity contribution is 0.546. The van der Waals surface area contributed by atoms with E-state index >= 15 is 0 Å². The van der Waals surface area contributed by atoms with Crippen LogP contribution in [0, 0.1) is 53.1 Å². The van der Waals surface area contributed by atoms with E-state index in [1.807, 2.05) is 152 Å². The molecule has 20 heterocycles. The van der Waals surface area contributed by atoms with Crippen molar-refractivity contribution >= 4 is 158 Å². The minimum atomic E-state index is -0.294. The predicted octanol–water partition coefficient (Wildman–Crippen LogP) is 11.6. The van der Waals surface area contributed by atoms with Crippen molar-refractivity contribution in [1.82, 2.24) is 197 Å². The zero-order chi connectivity index (χ0) is 101. The topological polar surface area (TPSA) is 675 Å². The Morgan fingerprint density at radius 2 is 0.717 bits per heavy atom. The van der Waals surface area contributed by atoms with E-state index in [4.69, 9.17) is 46.6 Å². The number of nitrogens with zero attached hydrogens (tertiary/aromatic N) is 35. The third-order valence-electron chi connectivity index (χ3n) is 21.5. The molecule has 0 saturated heterocycles. The van der Waals surface area contributed by atoms with Crippen LogP contribution in [0.1, 0.15) is 239 Å². The Morgan fingerprint density at radius 1 is 0.319 bits per heavy atom. The predicted molar refractivity (Wildman–Crippen MR) is 535 cm³/mol. The highest BCUT2D eigenvalue weighted by Gasteiger charge is 2.22. The number of imidazole rings is 4. The van der Waals surface area contributed by atoms with Gasteiger partial charge in [0, 0.05) is 78.5 Å². The van der Waals surface area contributed by atoms with Gasteiger partial charge in [0.15, 0.2) is 66.7 Å². The number of nitrogens with two attached hydrogens (primary N) is 6. The second-order valence-electron chi connectivity index (χ2n) is 34.8. The largest absolute Gasteiger partial charge is 0.383 e. The molecule has 50 nitrogen and oxygen atoms in total. The highest BCUT2D eigenvalue weighted by atomic mass is 32.1. The number of aromatic amines is 5. The first-order valence-corrected chi connectivity index (χ1v) is 44.9. The van der Waals surface area contributed by atoms with Crippen LogP contribution >= 0.6 is 12.2 Å². The smallest absolute Gasteiger partial charge is 0.295 e. The Kier molecular flexibility index (Phi) is 32.1. The monoisotopic (exact) mass is 1910 g/mol. The normalized spacial score (nSPS) is 11.4. The van der Waals surface area contributed by atoms with Gasteiger partial charge in [-0.3, -0.25) is 29.1 Å². The summed E-state index contributed by atoms with van der Waals surface area (Å²) in [5.41, 5.74) is 46.5. The van der Waals surface area contributed by atoms with Crippen molar-refractivity contribution in [2.45, 2.75) is 247 Å². The minimum Gasteiger partial charge on any atom is -0.383 e. The van der Waals surface area contributed by atoms with E-state index in [-0.39, 0.29) is 76.4 Å². The Bertz CT molecular complexity index is 7590. The van der Waals surface area contributed by atoms with Crippen LogP contribution in [0.25, 0.3) is 111 Å². The third kappa shape index (κ3) is 22.2. The highest BCUT2D eigenvalue weighted by molar-refractivity contribution is 7.71. The van der Waals surface area contributed by atoms with Gasteiger partial charge in [0.25, 0.3) is 22.2 Å². The number of rotatable bonds is 10. The lowest BCUT2D eigenvalue weighted by atomic mass is 10.1. The Balaban J connectivity index is 0.000000147. The van der Waals surface area contributed by atoms with Gasteiger partial charge >= 0.3 is 0 Å². The number of hydrogen-bond donors (Lipinski definition) is 11. The number of fused-ring (bicyclic) bond motifs is 10. The molecule has 0 spiro atoms. The van der Waals surface area contributed by atoms with Crippen molar-refractivity contribution in [2.75, 3.05) is 34.4 Å². The van der Waals surface area contributed by atoms with Crippen LogP contribution in [0.15, 0.2) is 93.8 Å². The maximum atomic E-state index is 11.4. The van der Waals surface area contributed by atoms with Crippen LogP contribution in [-0.2, 0) is 0 Å². The van der Waals surface area contributed by atoms with Gasteiger partial charge in [-0.15, -0.1) is 20.4 Å².